The molecule has 2 fully saturated rings. The number of pyridine rings is 1. The van der Waals surface area contributed by atoms with Gasteiger partial charge in [0.25, 0.3) is 5.91 Å². The van der Waals surface area contributed by atoms with Gasteiger partial charge in [-0.1, -0.05) is 36.4 Å². The number of morpholine rings is 1. The first-order valence-electron chi connectivity index (χ1n) is 15.4. The van der Waals surface area contributed by atoms with Crippen molar-refractivity contribution in [2.75, 3.05) is 36.5 Å². The van der Waals surface area contributed by atoms with E-state index in [2.05, 4.69) is 15.2 Å². The molecule has 2 heterocycles. The molecule has 6 rings (SSSR count). The molecule has 0 spiro atoms. The lowest BCUT2D eigenvalue weighted by Gasteiger charge is -2.32. The van der Waals surface area contributed by atoms with Crippen molar-refractivity contribution in [3.8, 4) is 11.1 Å². The van der Waals surface area contributed by atoms with Gasteiger partial charge < -0.3 is 25.0 Å². The molecule has 2 aliphatic rings. The minimum absolute atomic E-state index is 0.100. The monoisotopic (exact) mass is 622 g/mol. The van der Waals surface area contributed by atoms with Gasteiger partial charge in [-0.3, -0.25) is 19.4 Å². The van der Waals surface area contributed by atoms with E-state index in [0.717, 1.165) is 35.2 Å². The van der Waals surface area contributed by atoms with Gasteiger partial charge in [0.05, 0.1) is 37.1 Å². The number of anilines is 2. The summed E-state index contributed by atoms with van der Waals surface area (Å²) in [6, 6.07) is 21.9. The standard InChI is InChI=1S/C36H35FN4O5/c37-30-9-6-25(7-10-30)33(22-34(42)43)41(36(45)27-4-5-27)23-24-2-1-3-28(20-24)29-8-11-32(40-16-18-46-19-17-40)31(21-29)39-35(44)26-12-14-38-15-13-26/h1-3,6-15,20-21,27,33H,4-5,16-19,22-23H2,(H,39,44)(H,42,43). The molecule has 1 unspecified atom stereocenters. The number of ether oxygens (including phenoxy) is 1. The number of nitrogens with zero attached hydrogens (tertiary/aromatic N) is 3. The fourth-order valence-corrected chi connectivity index (χ4v) is 5.80. The summed E-state index contributed by atoms with van der Waals surface area (Å²) >= 11 is 0. The quantitative estimate of drug-likeness (QED) is 0.213. The normalized spacial score (nSPS) is 15.2. The van der Waals surface area contributed by atoms with Crippen LogP contribution in [0.1, 0.15) is 46.8 Å². The topological polar surface area (TPSA) is 112 Å². The average Bonchev–Trinajstić information content (AvgIpc) is 3.93. The second-order valence-corrected chi connectivity index (χ2v) is 11.6. The maximum atomic E-state index is 13.7. The fraction of sp³-hybridized carbons (Fsp3) is 0.278. The van der Waals surface area contributed by atoms with Crippen molar-refractivity contribution in [2.45, 2.75) is 31.8 Å². The van der Waals surface area contributed by atoms with Gasteiger partial charge >= 0.3 is 5.97 Å². The van der Waals surface area contributed by atoms with Crippen molar-refractivity contribution >= 4 is 29.2 Å². The van der Waals surface area contributed by atoms with Gasteiger partial charge in [0, 0.05) is 43.5 Å². The number of hydrogen-bond donors (Lipinski definition) is 2. The van der Waals surface area contributed by atoms with E-state index < -0.39 is 17.8 Å². The first kappa shape index (κ1) is 30.9. The molecule has 46 heavy (non-hydrogen) atoms. The molecule has 10 heteroatoms. The zero-order valence-corrected chi connectivity index (χ0v) is 25.3. The first-order valence-corrected chi connectivity index (χ1v) is 15.4. The highest BCUT2D eigenvalue weighted by molar-refractivity contribution is 6.06. The maximum Gasteiger partial charge on any atom is 0.305 e. The van der Waals surface area contributed by atoms with Crippen molar-refractivity contribution in [3.63, 3.8) is 0 Å². The number of benzene rings is 3. The summed E-state index contributed by atoms with van der Waals surface area (Å²) in [4.78, 5) is 46.5. The molecular weight excluding hydrogens is 587 g/mol. The van der Waals surface area contributed by atoms with Crippen LogP contribution in [0.15, 0.2) is 91.3 Å². The van der Waals surface area contributed by atoms with Crippen LogP contribution >= 0.6 is 0 Å². The highest BCUT2D eigenvalue weighted by Crippen LogP contribution is 2.37. The number of aromatic nitrogens is 1. The van der Waals surface area contributed by atoms with Crippen LogP contribution in [0.4, 0.5) is 15.8 Å². The average molecular weight is 623 g/mol. The number of halogens is 1. The third-order valence-electron chi connectivity index (χ3n) is 8.36. The number of aliphatic carboxylic acids is 1. The van der Waals surface area contributed by atoms with Gasteiger partial charge in [-0.2, -0.15) is 0 Å². The summed E-state index contributed by atoms with van der Waals surface area (Å²) in [5, 5.41) is 12.9. The van der Waals surface area contributed by atoms with E-state index >= 15 is 0 Å². The molecule has 0 radical (unpaired) electrons. The van der Waals surface area contributed by atoms with E-state index in [9.17, 15) is 23.9 Å². The Labute approximate surface area is 266 Å². The molecule has 1 aliphatic carbocycles. The summed E-state index contributed by atoms with van der Waals surface area (Å²) < 4.78 is 19.3. The summed E-state index contributed by atoms with van der Waals surface area (Å²) in [5.74, 6) is -1.96. The molecule has 1 aliphatic heterocycles. The van der Waals surface area contributed by atoms with Crippen LogP contribution in [0.25, 0.3) is 11.1 Å². The van der Waals surface area contributed by atoms with E-state index in [1.54, 1.807) is 41.6 Å². The SMILES string of the molecule is O=C(O)CC(c1ccc(F)cc1)N(Cc1cccc(-c2ccc(N3CCOCC3)c(NC(=O)c3ccncc3)c2)c1)C(=O)C1CC1. The number of carboxylic acids is 1. The zero-order valence-electron chi connectivity index (χ0n) is 25.3. The number of carbonyl (C=O) groups excluding carboxylic acids is 2. The summed E-state index contributed by atoms with van der Waals surface area (Å²) in [6.45, 7) is 2.78. The smallest absolute Gasteiger partial charge is 0.305 e. The third kappa shape index (κ3) is 7.40. The predicted octanol–water partition coefficient (Wildman–Crippen LogP) is 5.93. The second-order valence-electron chi connectivity index (χ2n) is 11.6. The van der Waals surface area contributed by atoms with Gasteiger partial charge in [0.2, 0.25) is 5.91 Å². The van der Waals surface area contributed by atoms with Crippen LogP contribution in [-0.2, 0) is 20.9 Å². The van der Waals surface area contributed by atoms with E-state index in [1.807, 2.05) is 42.5 Å². The molecule has 2 N–H and O–H groups in total. The Balaban J connectivity index is 1.32. The Bertz CT molecular complexity index is 1710. The lowest BCUT2D eigenvalue weighted by Crippen LogP contribution is -2.36. The van der Waals surface area contributed by atoms with Crippen molar-refractivity contribution in [1.29, 1.82) is 0 Å². The number of hydrogen-bond acceptors (Lipinski definition) is 6. The number of rotatable bonds is 11. The highest BCUT2D eigenvalue weighted by atomic mass is 19.1. The lowest BCUT2D eigenvalue weighted by molar-refractivity contribution is -0.142. The molecule has 1 atom stereocenters. The van der Waals surface area contributed by atoms with Crippen molar-refractivity contribution in [1.82, 2.24) is 9.88 Å². The summed E-state index contributed by atoms with van der Waals surface area (Å²) in [6.07, 6.45) is 4.39. The Kier molecular flexibility index (Phi) is 9.35. The molecule has 4 aromatic rings. The van der Waals surface area contributed by atoms with Crippen LogP contribution < -0.4 is 10.2 Å². The molecule has 9 nitrogen and oxygen atoms in total. The molecule has 2 amide bonds. The summed E-state index contributed by atoms with van der Waals surface area (Å²) in [7, 11) is 0. The van der Waals surface area contributed by atoms with Crippen LogP contribution in [0, 0.1) is 11.7 Å². The van der Waals surface area contributed by atoms with Crippen LogP contribution in [0.2, 0.25) is 0 Å². The van der Waals surface area contributed by atoms with Gasteiger partial charge in [-0.15, -0.1) is 0 Å². The zero-order chi connectivity index (χ0) is 32.0. The molecule has 236 valence electrons. The van der Waals surface area contributed by atoms with Crippen LogP contribution in [0.5, 0.6) is 0 Å². The van der Waals surface area contributed by atoms with Crippen LogP contribution in [-0.4, -0.2) is 59.1 Å². The van der Waals surface area contributed by atoms with E-state index in [0.29, 0.717) is 43.1 Å². The van der Waals surface area contributed by atoms with Gasteiger partial charge in [0.15, 0.2) is 0 Å². The Morgan fingerprint density at radius 1 is 0.957 bits per heavy atom. The van der Waals surface area contributed by atoms with Crippen molar-refractivity contribution < 1.29 is 28.6 Å². The van der Waals surface area contributed by atoms with Gasteiger partial charge in [-0.05, 0) is 77.6 Å². The van der Waals surface area contributed by atoms with Crippen molar-refractivity contribution in [2.24, 2.45) is 5.92 Å². The van der Waals surface area contributed by atoms with Gasteiger partial charge in [0.1, 0.15) is 5.82 Å². The van der Waals surface area contributed by atoms with E-state index in [1.165, 1.54) is 12.1 Å². The third-order valence-corrected chi connectivity index (χ3v) is 8.36. The van der Waals surface area contributed by atoms with E-state index in [4.69, 9.17) is 4.74 Å². The highest BCUT2D eigenvalue weighted by Gasteiger charge is 2.37. The molecule has 1 aromatic heterocycles. The Morgan fingerprint density at radius 3 is 2.37 bits per heavy atom. The van der Waals surface area contributed by atoms with Gasteiger partial charge in [-0.25, -0.2) is 4.39 Å². The lowest BCUT2D eigenvalue weighted by atomic mass is 9.98. The number of carboxylic acid groups (broad SMARTS) is 1. The van der Waals surface area contributed by atoms with Crippen molar-refractivity contribution in [3.05, 3.63) is 114 Å². The molecule has 3 aromatic carbocycles. The molecule has 1 saturated heterocycles. The number of amides is 2. The second kappa shape index (κ2) is 13.9. The van der Waals surface area contributed by atoms with Crippen LogP contribution in [0.3, 0.4) is 0 Å². The molecular formula is C36H35FN4O5. The minimum Gasteiger partial charge on any atom is -0.481 e. The molecule has 1 saturated carbocycles. The largest absolute Gasteiger partial charge is 0.481 e. The maximum absolute atomic E-state index is 13.7. The fourth-order valence-electron chi connectivity index (χ4n) is 5.80. The predicted molar refractivity (Wildman–Crippen MR) is 172 cm³/mol. The Hall–Kier alpha value is -5.09. The summed E-state index contributed by atoms with van der Waals surface area (Å²) in [5.41, 5.74) is 5.18. The molecule has 0 bridgehead atoms. The van der Waals surface area contributed by atoms with E-state index in [-0.39, 0.29) is 30.7 Å². The number of nitrogens with one attached hydrogen (secondary N) is 1. The Morgan fingerprint density at radius 2 is 1.67 bits per heavy atom. The first-order chi connectivity index (χ1) is 22.4. The minimum atomic E-state index is -1.04. The number of carbonyl (C=O) groups is 3.